The normalized spacial score (nSPS) is 15.5. The molecule has 1 aliphatic rings. The monoisotopic (exact) mass is 435 g/mol. The number of benzene rings is 1. The van der Waals surface area contributed by atoms with Gasteiger partial charge in [0.05, 0.1) is 12.1 Å². The number of halogens is 3. The molecule has 1 aliphatic carbocycles. The number of hydrogen-bond donors (Lipinski definition) is 1. The summed E-state index contributed by atoms with van der Waals surface area (Å²) < 4.78 is 43.4. The van der Waals surface area contributed by atoms with Gasteiger partial charge in [-0.25, -0.2) is 4.79 Å². The van der Waals surface area contributed by atoms with E-state index in [1.807, 2.05) is 0 Å². The van der Waals surface area contributed by atoms with Gasteiger partial charge >= 0.3 is 11.9 Å². The Labute approximate surface area is 176 Å². The maximum absolute atomic E-state index is 13.2. The van der Waals surface area contributed by atoms with Crippen LogP contribution in [0.4, 0.5) is 19.1 Å². The quantitative estimate of drug-likeness (QED) is 0.683. The van der Waals surface area contributed by atoms with Crippen molar-refractivity contribution in [1.82, 2.24) is 18.7 Å². The van der Waals surface area contributed by atoms with Crippen molar-refractivity contribution in [2.24, 2.45) is 14.1 Å². The molecule has 1 saturated carbocycles. The molecule has 1 fully saturated rings. The molecule has 4 rings (SSSR count). The highest BCUT2D eigenvalue weighted by molar-refractivity contribution is 5.74. The Morgan fingerprint density at radius 3 is 2.48 bits per heavy atom. The second-order valence-electron chi connectivity index (χ2n) is 8.08. The first-order chi connectivity index (χ1) is 14.7. The zero-order valence-electron chi connectivity index (χ0n) is 17.4. The minimum atomic E-state index is -4.46. The summed E-state index contributed by atoms with van der Waals surface area (Å²) in [6.45, 7) is 0.0168. The molecule has 0 unspecified atom stereocenters. The summed E-state index contributed by atoms with van der Waals surface area (Å²) in [6.07, 6.45) is 0.745. The maximum Gasteiger partial charge on any atom is 0.416 e. The fourth-order valence-electron chi connectivity index (χ4n) is 4.17. The van der Waals surface area contributed by atoms with Gasteiger partial charge in [-0.15, -0.1) is 0 Å². The molecule has 31 heavy (non-hydrogen) atoms. The highest BCUT2D eigenvalue weighted by Crippen LogP contribution is 2.30. The number of rotatable bonds is 4. The highest BCUT2D eigenvalue weighted by atomic mass is 19.4. The molecule has 166 valence electrons. The molecule has 0 amide bonds. The van der Waals surface area contributed by atoms with Gasteiger partial charge in [-0.05, 0) is 30.5 Å². The maximum atomic E-state index is 13.2. The molecule has 0 spiro atoms. The summed E-state index contributed by atoms with van der Waals surface area (Å²) in [7, 11) is 2.90. The number of nitrogens with zero attached hydrogens (tertiary/aromatic N) is 4. The summed E-state index contributed by atoms with van der Waals surface area (Å²) in [5.74, 6) is 0.387. The number of aromatic nitrogens is 4. The minimum Gasteiger partial charge on any atom is -0.353 e. The third-order valence-corrected chi connectivity index (χ3v) is 5.88. The van der Waals surface area contributed by atoms with E-state index < -0.39 is 23.0 Å². The standard InChI is InChI=1S/C21H24F3N5O2/c1-27-17-16(18(30)28(2)20(27)31)29(19(26-17)25-15-9-4-3-5-10-15)12-13-7-6-8-14(11-13)21(22,23)24/h6-8,11,15H,3-5,9-10,12H2,1-2H3,(H,25,26). The van der Waals surface area contributed by atoms with Gasteiger partial charge in [0.25, 0.3) is 5.56 Å². The summed E-state index contributed by atoms with van der Waals surface area (Å²) in [5.41, 5.74) is -1.02. The molecular formula is C21H24F3N5O2. The van der Waals surface area contributed by atoms with Crippen molar-refractivity contribution < 1.29 is 13.2 Å². The van der Waals surface area contributed by atoms with Crippen LogP contribution in [0.1, 0.15) is 43.2 Å². The fourth-order valence-corrected chi connectivity index (χ4v) is 4.17. The number of hydrogen-bond acceptors (Lipinski definition) is 4. The molecule has 0 bridgehead atoms. The Balaban J connectivity index is 1.86. The lowest BCUT2D eigenvalue weighted by atomic mass is 9.96. The van der Waals surface area contributed by atoms with E-state index in [2.05, 4.69) is 10.3 Å². The molecule has 3 aromatic rings. The molecule has 0 aliphatic heterocycles. The molecule has 0 radical (unpaired) electrons. The second kappa shape index (κ2) is 7.90. The van der Waals surface area contributed by atoms with E-state index in [1.54, 1.807) is 10.6 Å². The van der Waals surface area contributed by atoms with Crippen molar-refractivity contribution in [3.8, 4) is 0 Å². The molecule has 0 saturated heterocycles. The van der Waals surface area contributed by atoms with E-state index in [-0.39, 0.29) is 23.8 Å². The molecule has 2 heterocycles. The predicted octanol–water partition coefficient (Wildman–Crippen LogP) is 3.25. The van der Waals surface area contributed by atoms with Crippen LogP contribution in [0, 0.1) is 0 Å². The van der Waals surface area contributed by atoms with Crippen LogP contribution in [0.5, 0.6) is 0 Å². The first-order valence-electron chi connectivity index (χ1n) is 10.3. The van der Waals surface area contributed by atoms with Crippen LogP contribution in [0.15, 0.2) is 33.9 Å². The number of alkyl halides is 3. The SMILES string of the molecule is Cn1c(=O)c2c(nc(NC3CCCCC3)n2Cc2cccc(C(F)(F)F)c2)n(C)c1=O. The first-order valence-corrected chi connectivity index (χ1v) is 10.3. The Kier molecular flexibility index (Phi) is 5.40. The molecule has 1 N–H and O–H groups in total. The van der Waals surface area contributed by atoms with Gasteiger partial charge in [-0.2, -0.15) is 18.2 Å². The summed E-state index contributed by atoms with van der Waals surface area (Å²) in [5, 5.41) is 3.36. The third-order valence-electron chi connectivity index (χ3n) is 5.88. The lowest BCUT2D eigenvalue weighted by Gasteiger charge is -2.23. The van der Waals surface area contributed by atoms with Crippen LogP contribution < -0.4 is 16.6 Å². The Hall–Kier alpha value is -3.04. The van der Waals surface area contributed by atoms with Gasteiger partial charge in [-0.1, -0.05) is 31.4 Å². The van der Waals surface area contributed by atoms with Crippen LogP contribution >= 0.6 is 0 Å². The second-order valence-corrected chi connectivity index (χ2v) is 8.08. The van der Waals surface area contributed by atoms with Crippen molar-refractivity contribution >= 4 is 17.1 Å². The van der Waals surface area contributed by atoms with Gasteiger partial charge < -0.3 is 5.32 Å². The Morgan fingerprint density at radius 1 is 1.10 bits per heavy atom. The Morgan fingerprint density at radius 2 is 1.81 bits per heavy atom. The van der Waals surface area contributed by atoms with Gasteiger partial charge in [0.2, 0.25) is 5.95 Å². The van der Waals surface area contributed by atoms with Gasteiger partial charge in [0, 0.05) is 20.1 Å². The molecule has 0 atom stereocenters. The van der Waals surface area contributed by atoms with Gasteiger partial charge in [-0.3, -0.25) is 18.5 Å². The average molecular weight is 435 g/mol. The van der Waals surface area contributed by atoms with E-state index in [4.69, 9.17) is 0 Å². The molecule has 7 nitrogen and oxygen atoms in total. The first kappa shape index (κ1) is 21.2. The molecule has 10 heteroatoms. The van der Waals surface area contributed by atoms with Crippen molar-refractivity contribution in [3.63, 3.8) is 0 Å². The molecule has 1 aromatic carbocycles. The van der Waals surface area contributed by atoms with E-state index in [0.717, 1.165) is 48.8 Å². The lowest BCUT2D eigenvalue weighted by Crippen LogP contribution is -2.37. The molecule has 2 aromatic heterocycles. The van der Waals surface area contributed by atoms with E-state index >= 15 is 0 Å². The number of aryl methyl sites for hydroxylation is 1. The topological polar surface area (TPSA) is 73.8 Å². The Bertz CT molecular complexity index is 1230. The van der Waals surface area contributed by atoms with E-state index in [9.17, 15) is 22.8 Å². The van der Waals surface area contributed by atoms with Crippen molar-refractivity contribution in [2.75, 3.05) is 5.32 Å². The van der Waals surface area contributed by atoms with Crippen molar-refractivity contribution in [2.45, 2.75) is 50.9 Å². The zero-order chi connectivity index (χ0) is 22.3. The highest BCUT2D eigenvalue weighted by Gasteiger charge is 2.30. The third kappa shape index (κ3) is 3.98. The zero-order valence-corrected chi connectivity index (χ0v) is 17.4. The van der Waals surface area contributed by atoms with Crippen molar-refractivity contribution in [1.29, 1.82) is 0 Å². The minimum absolute atomic E-state index is 0.0168. The molecular weight excluding hydrogens is 411 g/mol. The van der Waals surface area contributed by atoms with Crippen LogP contribution in [-0.4, -0.2) is 24.7 Å². The number of imidazole rings is 1. The number of anilines is 1. The summed E-state index contributed by atoms with van der Waals surface area (Å²) in [4.78, 5) is 29.8. The number of fused-ring (bicyclic) bond motifs is 1. The van der Waals surface area contributed by atoms with Crippen LogP contribution in [0.2, 0.25) is 0 Å². The largest absolute Gasteiger partial charge is 0.416 e. The predicted molar refractivity (Wildman–Crippen MR) is 111 cm³/mol. The fraction of sp³-hybridized carbons (Fsp3) is 0.476. The van der Waals surface area contributed by atoms with Gasteiger partial charge in [0.1, 0.15) is 0 Å². The number of nitrogens with one attached hydrogen (secondary N) is 1. The van der Waals surface area contributed by atoms with E-state index in [0.29, 0.717) is 11.5 Å². The van der Waals surface area contributed by atoms with Gasteiger partial charge in [0.15, 0.2) is 11.2 Å². The summed E-state index contributed by atoms with van der Waals surface area (Å²) in [6, 6.07) is 5.17. The summed E-state index contributed by atoms with van der Waals surface area (Å²) >= 11 is 0. The van der Waals surface area contributed by atoms with E-state index in [1.165, 1.54) is 24.7 Å². The van der Waals surface area contributed by atoms with Crippen LogP contribution in [0.3, 0.4) is 0 Å². The smallest absolute Gasteiger partial charge is 0.353 e. The van der Waals surface area contributed by atoms with Crippen LogP contribution in [0.25, 0.3) is 11.2 Å². The average Bonchev–Trinajstić information content (AvgIpc) is 3.09. The lowest BCUT2D eigenvalue weighted by molar-refractivity contribution is -0.137. The van der Waals surface area contributed by atoms with Crippen LogP contribution in [-0.2, 0) is 26.8 Å². The van der Waals surface area contributed by atoms with Crippen molar-refractivity contribution in [3.05, 3.63) is 56.2 Å².